The van der Waals surface area contributed by atoms with Gasteiger partial charge in [-0.2, -0.15) is 0 Å². The van der Waals surface area contributed by atoms with Gasteiger partial charge in [-0.1, -0.05) is 121 Å². The minimum Gasteiger partial charge on any atom is -0.481 e. The summed E-state index contributed by atoms with van der Waals surface area (Å²) in [6, 6.07) is -14.1. The second kappa shape index (κ2) is 37.1. The fourth-order valence-electron chi connectivity index (χ4n) is 8.78. The number of aliphatic carboxylic acids is 1. The van der Waals surface area contributed by atoms with Gasteiger partial charge in [0.05, 0.1) is 25.7 Å². The quantitative estimate of drug-likeness (QED) is 0.0374. The second-order valence-electron chi connectivity index (χ2n) is 22.5. The van der Waals surface area contributed by atoms with Crippen molar-refractivity contribution in [3.8, 4) is 0 Å². The summed E-state index contributed by atoms with van der Waals surface area (Å²) < 4.78 is 5.85. The molecule has 0 aromatic heterocycles. The molecule has 1 saturated heterocycles. The zero-order valence-electron chi connectivity index (χ0n) is 49.2. The van der Waals surface area contributed by atoms with E-state index in [4.69, 9.17) is 4.74 Å². The molecule has 1 rings (SSSR count). The van der Waals surface area contributed by atoms with Crippen LogP contribution in [0.3, 0.4) is 0 Å². The molecule has 25 nitrogen and oxygen atoms in total. The average molecular weight is 1140 g/mol. The zero-order chi connectivity index (χ0) is 61.0. The van der Waals surface area contributed by atoms with Gasteiger partial charge in [0.1, 0.15) is 60.5 Å². The maximum absolute atomic E-state index is 14.8. The minimum absolute atomic E-state index is 0.00960. The Balaban J connectivity index is 4.04. The molecular formula is C55H97N9O16. The maximum atomic E-state index is 14.8. The number of carboxylic acids is 1. The number of amides is 9. The highest BCUT2D eigenvalue weighted by molar-refractivity contribution is 5.99. The van der Waals surface area contributed by atoms with Gasteiger partial charge in [0.15, 0.2) is 0 Å². The topological polar surface area (TPSA) is 386 Å². The van der Waals surface area contributed by atoms with Crippen molar-refractivity contribution in [3.63, 3.8) is 0 Å². The van der Waals surface area contributed by atoms with E-state index in [1.807, 2.05) is 0 Å². The summed E-state index contributed by atoms with van der Waals surface area (Å²) in [6.45, 7) is 18.5. The number of rotatable bonds is 28. The predicted molar refractivity (Wildman–Crippen MR) is 295 cm³/mol. The Morgan fingerprint density at radius 3 is 1.52 bits per heavy atom. The molecule has 1 fully saturated rings. The number of carboxylic acid groups (broad SMARTS) is 1. The second-order valence-corrected chi connectivity index (χ2v) is 22.5. The Morgan fingerprint density at radius 2 is 1.04 bits per heavy atom. The Kier molecular flexibility index (Phi) is 33.5. The van der Waals surface area contributed by atoms with E-state index in [1.165, 1.54) is 6.92 Å². The lowest BCUT2D eigenvalue weighted by Gasteiger charge is -2.32. The number of aliphatic hydroxyl groups is 3. The Bertz CT molecular complexity index is 2040. The van der Waals surface area contributed by atoms with Gasteiger partial charge in [-0.25, -0.2) is 4.79 Å². The zero-order valence-corrected chi connectivity index (χ0v) is 49.2. The van der Waals surface area contributed by atoms with E-state index in [0.717, 1.165) is 25.7 Å². The van der Waals surface area contributed by atoms with Crippen molar-refractivity contribution in [3.05, 3.63) is 0 Å². The van der Waals surface area contributed by atoms with Gasteiger partial charge < -0.3 is 73.0 Å². The standard InChI is InChI=1S/C55H97N9O16/c1-13-16-17-18-19-20-35(67)26-42(68)56-37(23-29(4)5)48(72)57-36(21-22-43(69)70)47(71)64-46-34(12)80-55(79)45(33(11)15-3)63-52(76)41(28-66)61-49(73)38(24-30(6)7)58-51(75)40(27-65)60-50(74)39(25-31(8)9)59-53(77)44(32(10)14-2)62-54(46)78/h29-41,44-46,65-67H,13-28H2,1-12H3,(H,56,68)(H,57,72)(H,58,75)(H,59,77)(H,60,74)(H,61,73)(H,62,78)(H,63,76)(H,64,71)(H,69,70)/t32-,33+,34+,35-,36-,37+,38+,39-,40-,41-,44?,45?,46?/m1/s1. The highest BCUT2D eigenvalue weighted by atomic mass is 16.5. The molecule has 0 aromatic rings. The maximum Gasteiger partial charge on any atom is 0.329 e. The summed E-state index contributed by atoms with van der Waals surface area (Å²) in [5, 5.41) is 63.7. The number of hydrogen-bond donors (Lipinski definition) is 13. The highest BCUT2D eigenvalue weighted by Gasteiger charge is 2.41. The molecule has 0 saturated carbocycles. The summed E-state index contributed by atoms with van der Waals surface area (Å²) in [5.41, 5.74) is 0. The molecule has 1 heterocycles. The molecular weight excluding hydrogens is 1040 g/mol. The first kappa shape index (κ1) is 72.1. The van der Waals surface area contributed by atoms with Gasteiger partial charge in [-0.15, -0.1) is 0 Å². The number of unbranched alkanes of at least 4 members (excludes halogenated alkanes) is 4. The molecule has 458 valence electrons. The molecule has 1 aliphatic rings. The summed E-state index contributed by atoms with van der Waals surface area (Å²) in [7, 11) is 0. The van der Waals surface area contributed by atoms with Crippen molar-refractivity contribution in [2.45, 2.75) is 240 Å². The van der Waals surface area contributed by atoms with E-state index in [0.29, 0.717) is 12.8 Å². The first-order valence-electron chi connectivity index (χ1n) is 28.6. The number of aliphatic hydroxyl groups excluding tert-OH is 3. The molecule has 0 aromatic carbocycles. The predicted octanol–water partition coefficient (Wildman–Crippen LogP) is 0.486. The number of cyclic esters (lactones) is 1. The van der Waals surface area contributed by atoms with E-state index < -0.39 is 170 Å². The van der Waals surface area contributed by atoms with Crippen LogP contribution in [0, 0.1) is 29.6 Å². The molecule has 0 spiro atoms. The van der Waals surface area contributed by atoms with E-state index in [1.54, 1.807) is 69.2 Å². The van der Waals surface area contributed by atoms with Crippen molar-refractivity contribution in [2.75, 3.05) is 13.2 Å². The lowest BCUT2D eigenvalue weighted by Crippen LogP contribution is -2.64. The van der Waals surface area contributed by atoms with Crippen LogP contribution in [0.25, 0.3) is 0 Å². The first-order valence-corrected chi connectivity index (χ1v) is 28.6. The lowest BCUT2D eigenvalue weighted by molar-refractivity contribution is -0.158. The molecule has 80 heavy (non-hydrogen) atoms. The summed E-state index contributed by atoms with van der Waals surface area (Å²) >= 11 is 0. The Hall–Kier alpha value is -5.95. The fourth-order valence-corrected chi connectivity index (χ4v) is 8.78. The number of hydrogen-bond acceptors (Lipinski definition) is 15. The third kappa shape index (κ3) is 26.1. The van der Waals surface area contributed by atoms with Crippen LogP contribution in [-0.2, 0) is 57.5 Å². The van der Waals surface area contributed by atoms with E-state index in [-0.39, 0.29) is 56.3 Å². The number of esters is 1. The van der Waals surface area contributed by atoms with Crippen molar-refractivity contribution in [1.29, 1.82) is 0 Å². The van der Waals surface area contributed by atoms with Gasteiger partial charge in [0.25, 0.3) is 0 Å². The number of nitrogens with one attached hydrogen (secondary N) is 9. The highest BCUT2D eigenvalue weighted by Crippen LogP contribution is 2.17. The molecule has 13 atom stereocenters. The monoisotopic (exact) mass is 1140 g/mol. The molecule has 1 aliphatic heterocycles. The van der Waals surface area contributed by atoms with E-state index in [2.05, 4.69) is 54.8 Å². The summed E-state index contributed by atoms with van der Waals surface area (Å²) in [5.74, 6) is -13.3. The van der Waals surface area contributed by atoms with Gasteiger partial charge in [0.2, 0.25) is 53.2 Å². The van der Waals surface area contributed by atoms with Crippen LogP contribution in [0.1, 0.15) is 173 Å². The van der Waals surface area contributed by atoms with Gasteiger partial charge in [-0.05, 0) is 68.6 Å². The van der Waals surface area contributed by atoms with Crippen LogP contribution in [0.15, 0.2) is 0 Å². The van der Waals surface area contributed by atoms with Gasteiger partial charge in [0, 0.05) is 6.42 Å². The van der Waals surface area contributed by atoms with Crippen LogP contribution >= 0.6 is 0 Å². The third-order valence-corrected chi connectivity index (χ3v) is 13.9. The third-order valence-electron chi connectivity index (χ3n) is 13.9. The first-order chi connectivity index (χ1) is 37.5. The Morgan fingerprint density at radius 1 is 0.562 bits per heavy atom. The fraction of sp³-hybridized carbons (Fsp3) is 0.800. The van der Waals surface area contributed by atoms with Crippen molar-refractivity contribution >= 4 is 65.1 Å². The molecule has 0 bridgehead atoms. The van der Waals surface area contributed by atoms with E-state index in [9.17, 15) is 73.2 Å². The molecule has 25 heteroatoms. The van der Waals surface area contributed by atoms with Crippen LogP contribution in [0.5, 0.6) is 0 Å². The van der Waals surface area contributed by atoms with Crippen molar-refractivity contribution in [2.24, 2.45) is 29.6 Å². The van der Waals surface area contributed by atoms with Gasteiger partial charge in [-0.3, -0.25) is 47.9 Å². The summed E-state index contributed by atoms with van der Waals surface area (Å²) in [6.07, 6.45) is 1.31. The molecule has 9 amide bonds. The molecule has 0 aliphatic carbocycles. The molecule has 13 N–H and O–H groups in total. The van der Waals surface area contributed by atoms with Crippen molar-refractivity contribution in [1.82, 2.24) is 47.9 Å². The Labute approximate surface area is 471 Å². The minimum atomic E-state index is -1.95. The average Bonchev–Trinajstić information content (AvgIpc) is 3.38. The van der Waals surface area contributed by atoms with E-state index >= 15 is 0 Å². The van der Waals surface area contributed by atoms with Crippen LogP contribution in [-0.4, -0.2) is 165 Å². The number of carbonyl (C=O) groups is 11. The summed E-state index contributed by atoms with van der Waals surface area (Å²) in [4.78, 5) is 153. The van der Waals surface area contributed by atoms with Crippen molar-refractivity contribution < 1.29 is 77.9 Å². The smallest absolute Gasteiger partial charge is 0.329 e. The normalized spacial score (nSPS) is 24.2. The molecule has 0 radical (unpaired) electrons. The van der Waals surface area contributed by atoms with Gasteiger partial charge >= 0.3 is 11.9 Å². The number of ether oxygens (including phenoxy) is 1. The largest absolute Gasteiger partial charge is 0.481 e. The lowest BCUT2D eigenvalue weighted by atomic mass is 9.96. The molecule has 3 unspecified atom stereocenters. The number of carbonyl (C=O) groups excluding carboxylic acids is 10. The van der Waals surface area contributed by atoms with Crippen LogP contribution in [0.2, 0.25) is 0 Å². The van der Waals surface area contributed by atoms with Crippen LogP contribution in [0.4, 0.5) is 0 Å². The SMILES string of the molecule is CCCCCCC[C@@H](O)CC(=O)N[C@@H](CC(C)C)C(=O)N[C@H](CCC(=O)O)C(=O)NC1C(=O)NC([C@H](C)CC)C(=O)N[C@H](CC(C)C)C(=O)N[C@H](CO)C(=O)N[C@@H](CC(C)C)C(=O)N[C@H](CO)C(=O)NC([C@@H](C)CC)C(=O)O[C@H]1C. The van der Waals surface area contributed by atoms with Crippen LogP contribution < -0.4 is 47.9 Å².